The molecule has 0 heterocycles. The molecule has 3 aromatic carbocycles. The van der Waals surface area contributed by atoms with Crippen LogP contribution >= 0.6 is 7.26 Å². The zero-order valence-electron chi connectivity index (χ0n) is 16.7. The minimum Gasteiger partial charge on any atom is -0.427 e. The van der Waals surface area contributed by atoms with Gasteiger partial charge in [-0.3, -0.25) is 0 Å². The minimum atomic E-state index is -4.01. The SMILES string of the molecule is CCCCCC[P+](c1ccccc1)(c1ccccc1)c1ccccc1.[O-][I+2]([O-])[O-]. The number of unbranched alkanes of at least 4 members (excludes halogenated alkanes) is 3. The number of hydrogen-bond acceptors (Lipinski definition) is 3. The fraction of sp³-hybridized carbons (Fsp3) is 0.250. The van der Waals surface area contributed by atoms with Crippen LogP contribution in [0.5, 0.6) is 0 Å². The molecule has 0 fully saturated rings. The minimum absolute atomic E-state index is 1.25. The number of halogens is 1. The lowest BCUT2D eigenvalue weighted by Gasteiger charge is -2.27. The van der Waals surface area contributed by atoms with Crippen LogP contribution in [0, 0.1) is 0 Å². The molecule has 0 atom stereocenters. The first-order chi connectivity index (χ1) is 14.1. The Balaban J connectivity index is 0.000000687. The molecule has 5 heteroatoms. The highest BCUT2D eigenvalue weighted by Crippen LogP contribution is 2.55. The second-order valence-electron chi connectivity index (χ2n) is 6.79. The molecule has 0 radical (unpaired) electrons. The van der Waals surface area contributed by atoms with Crippen LogP contribution in [-0.4, -0.2) is 6.16 Å². The van der Waals surface area contributed by atoms with Gasteiger partial charge in [-0.05, 0) is 49.2 Å². The normalized spacial score (nSPS) is 11.1. The van der Waals surface area contributed by atoms with Crippen molar-refractivity contribution in [2.75, 3.05) is 6.16 Å². The Morgan fingerprint density at radius 2 is 0.931 bits per heavy atom. The van der Waals surface area contributed by atoms with Gasteiger partial charge in [0.05, 0.1) is 6.16 Å². The average molecular weight is 522 g/mol. The van der Waals surface area contributed by atoms with Crippen molar-refractivity contribution in [1.29, 1.82) is 0 Å². The number of benzene rings is 3. The van der Waals surface area contributed by atoms with Crippen molar-refractivity contribution in [2.45, 2.75) is 32.6 Å². The Labute approximate surface area is 183 Å². The van der Waals surface area contributed by atoms with Gasteiger partial charge in [0.25, 0.3) is 21.1 Å². The Morgan fingerprint density at radius 1 is 0.586 bits per heavy atom. The lowest BCUT2D eigenvalue weighted by Crippen LogP contribution is -4.05. The Hall–Kier alpha value is -1.30. The van der Waals surface area contributed by atoms with Gasteiger partial charge in [-0.15, -0.1) is 0 Å². The van der Waals surface area contributed by atoms with Crippen molar-refractivity contribution < 1.29 is 31.4 Å². The van der Waals surface area contributed by atoms with Crippen LogP contribution in [0.15, 0.2) is 91.0 Å². The molecule has 0 aliphatic carbocycles. The molecule has 0 N–H and O–H groups in total. The van der Waals surface area contributed by atoms with Crippen molar-refractivity contribution in [3.63, 3.8) is 0 Å². The van der Waals surface area contributed by atoms with Gasteiger partial charge in [0.2, 0.25) is 0 Å². The molecule has 154 valence electrons. The van der Waals surface area contributed by atoms with Gasteiger partial charge in [0, 0.05) is 0 Å². The maximum absolute atomic E-state index is 8.57. The molecule has 0 saturated heterocycles. The summed E-state index contributed by atoms with van der Waals surface area (Å²) in [6, 6.07) is 33.6. The van der Waals surface area contributed by atoms with E-state index in [4.69, 9.17) is 10.3 Å². The third-order valence-corrected chi connectivity index (χ3v) is 9.46. The van der Waals surface area contributed by atoms with Crippen LogP contribution in [0.3, 0.4) is 0 Å². The third kappa shape index (κ3) is 7.16. The summed E-state index contributed by atoms with van der Waals surface area (Å²) >= 11 is -4.01. The summed E-state index contributed by atoms with van der Waals surface area (Å²) in [5.41, 5.74) is 0. The number of rotatable bonds is 8. The van der Waals surface area contributed by atoms with E-state index in [0.717, 1.165) is 0 Å². The van der Waals surface area contributed by atoms with Gasteiger partial charge >= 0.3 is 0 Å². The van der Waals surface area contributed by atoms with Crippen molar-refractivity contribution in [3.05, 3.63) is 91.0 Å². The van der Waals surface area contributed by atoms with Crippen LogP contribution in [-0.2, 0) is 0 Å². The maximum Gasteiger partial charge on any atom is 0.282 e. The van der Waals surface area contributed by atoms with Gasteiger partial charge < -0.3 is 10.3 Å². The van der Waals surface area contributed by atoms with E-state index in [9.17, 15) is 0 Å². The van der Waals surface area contributed by atoms with E-state index in [2.05, 4.69) is 97.9 Å². The molecule has 0 amide bonds. The first-order valence-electron chi connectivity index (χ1n) is 9.89. The van der Waals surface area contributed by atoms with E-state index in [1.54, 1.807) is 0 Å². The highest BCUT2D eigenvalue weighted by atomic mass is 127. The van der Waals surface area contributed by atoms with E-state index < -0.39 is 28.3 Å². The van der Waals surface area contributed by atoms with Crippen LogP contribution in [0.2, 0.25) is 0 Å². The van der Waals surface area contributed by atoms with Crippen molar-refractivity contribution in [3.8, 4) is 0 Å². The van der Waals surface area contributed by atoms with Gasteiger partial charge in [-0.2, -0.15) is 0 Å². The quantitative estimate of drug-likeness (QED) is 0.217. The highest BCUT2D eigenvalue weighted by molar-refractivity contribution is 7.95. The third-order valence-electron chi connectivity index (χ3n) is 4.94. The lowest BCUT2D eigenvalue weighted by atomic mass is 10.2. The summed E-state index contributed by atoms with van der Waals surface area (Å²) in [4.78, 5) is 0. The molecule has 0 aromatic heterocycles. The summed E-state index contributed by atoms with van der Waals surface area (Å²) in [6.45, 7) is 2.29. The lowest BCUT2D eigenvalue weighted by molar-refractivity contribution is -1.73. The molecule has 29 heavy (non-hydrogen) atoms. The van der Waals surface area contributed by atoms with E-state index in [0.29, 0.717) is 0 Å². The summed E-state index contributed by atoms with van der Waals surface area (Å²) in [7, 11) is -1.59. The van der Waals surface area contributed by atoms with Crippen molar-refractivity contribution >= 4 is 23.2 Å². The van der Waals surface area contributed by atoms with Crippen LogP contribution in [0.25, 0.3) is 0 Å². The van der Waals surface area contributed by atoms with Gasteiger partial charge in [0.1, 0.15) is 23.2 Å². The summed E-state index contributed by atoms with van der Waals surface area (Å²) in [5, 5.41) is 4.51. The van der Waals surface area contributed by atoms with E-state index in [-0.39, 0.29) is 0 Å². The van der Waals surface area contributed by atoms with Crippen molar-refractivity contribution in [1.82, 2.24) is 0 Å². The molecular formula is C24H28IO3P. The first-order valence-corrected chi connectivity index (χ1v) is 14.5. The molecule has 3 aromatic rings. The molecule has 0 aliphatic heterocycles. The van der Waals surface area contributed by atoms with Gasteiger partial charge in [0.15, 0.2) is 0 Å². The van der Waals surface area contributed by atoms with Crippen LogP contribution in [0.1, 0.15) is 32.6 Å². The predicted molar refractivity (Wildman–Crippen MR) is 114 cm³/mol. The second kappa shape index (κ2) is 13.1. The zero-order valence-corrected chi connectivity index (χ0v) is 19.8. The van der Waals surface area contributed by atoms with E-state index in [1.165, 1.54) is 47.8 Å². The smallest absolute Gasteiger partial charge is 0.282 e. The summed E-state index contributed by atoms with van der Waals surface area (Å²) in [5.74, 6) is 0. The average Bonchev–Trinajstić information content (AvgIpc) is 2.76. The van der Waals surface area contributed by atoms with Crippen LogP contribution < -0.4 is 47.3 Å². The van der Waals surface area contributed by atoms with Gasteiger partial charge in [-0.1, -0.05) is 74.4 Å². The molecule has 0 saturated carbocycles. The Bertz CT molecular complexity index is 699. The summed E-state index contributed by atoms with van der Waals surface area (Å²) in [6.07, 6.45) is 6.49. The predicted octanol–water partition coefficient (Wildman–Crippen LogP) is -1.00. The van der Waals surface area contributed by atoms with Crippen molar-refractivity contribution in [2.24, 2.45) is 0 Å². The maximum atomic E-state index is 8.57. The van der Waals surface area contributed by atoms with Crippen LogP contribution in [0.4, 0.5) is 0 Å². The monoisotopic (exact) mass is 522 g/mol. The topological polar surface area (TPSA) is 69.2 Å². The molecule has 3 nitrogen and oxygen atoms in total. The zero-order chi connectivity index (χ0) is 21.0. The molecule has 3 rings (SSSR count). The molecule has 0 bridgehead atoms. The standard InChI is InChI=1S/C24H28P.IO3/c1-2-3-4-14-21-25(22-15-8-5-9-16-22,23-17-10-6-11-18-23)24-19-12-7-13-20-24;2-1(3)4/h5-13,15-20H,2-4,14,21H2,1H3;/q+1;-1. The molecule has 0 spiro atoms. The molecule has 0 unspecified atom stereocenters. The number of hydrogen-bond donors (Lipinski definition) is 0. The highest BCUT2D eigenvalue weighted by Gasteiger charge is 2.44. The fourth-order valence-corrected chi connectivity index (χ4v) is 8.07. The second-order valence-corrected chi connectivity index (χ2v) is 11.5. The molecule has 0 aliphatic rings. The van der Waals surface area contributed by atoms with E-state index in [1.807, 2.05) is 0 Å². The largest absolute Gasteiger partial charge is 0.427 e. The van der Waals surface area contributed by atoms with Gasteiger partial charge in [-0.25, -0.2) is 0 Å². The molecular weight excluding hydrogens is 494 g/mol. The summed E-state index contributed by atoms with van der Waals surface area (Å²) < 4.78 is 25.7. The fourth-order valence-electron chi connectivity index (χ4n) is 3.66. The Kier molecular flexibility index (Phi) is 10.8. The van der Waals surface area contributed by atoms with E-state index >= 15 is 0 Å². The Morgan fingerprint density at radius 3 is 1.24 bits per heavy atom. The first kappa shape index (κ1) is 24.0.